The minimum absolute atomic E-state index is 0.0671. The summed E-state index contributed by atoms with van der Waals surface area (Å²) in [5, 5.41) is 3.04. The monoisotopic (exact) mass is 314 g/mol. The van der Waals surface area contributed by atoms with Gasteiger partial charge in [-0.1, -0.05) is 15.9 Å². The Balaban J connectivity index is 2.03. The van der Waals surface area contributed by atoms with E-state index in [1.807, 2.05) is 17.8 Å². The second-order valence-electron chi connectivity index (χ2n) is 4.12. The normalized spacial score (nSPS) is 19.9. The largest absolute Gasteiger partial charge is 0.398 e. The lowest BCUT2D eigenvalue weighted by Gasteiger charge is -2.22. The zero-order valence-corrected chi connectivity index (χ0v) is 11.8. The quantitative estimate of drug-likeness (QED) is 0.825. The van der Waals surface area contributed by atoms with E-state index < -0.39 is 0 Å². The molecule has 1 amide bonds. The van der Waals surface area contributed by atoms with Crippen LogP contribution in [0, 0.1) is 0 Å². The van der Waals surface area contributed by atoms with Gasteiger partial charge >= 0.3 is 0 Å². The van der Waals surface area contributed by atoms with Gasteiger partial charge in [0.2, 0.25) is 0 Å². The fourth-order valence-electron chi connectivity index (χ4n) is 1.86. The van der Waals surface area contributed by atoms with Gasteiger partial charge in [-0.05, 0) is 36.8 Å². The second kappa shape index (κ2) is 5.78. The first-order chi connectivity index (χ1) is 8.16. The molecule has 1 aliphatic rings. The second-order valence-corrected chi connectivity index (χ2v) is 6.18. The molecule has 0 aliphatic carbocycles. The molecule has 1 saturated heterocycles. The van der Waals surface area contributed by atoms with Gasteiger partial charge in [0, 0.05) is 22.0 Å². The van der Waals surface area contributed by atoms with Gasteiger partial charge in [0.15, 0.2) is 0 Å². The number of benzene rings is 1. The van der Waals surface area contributed by atoms with Gasteiger partial charge in [0.1, 0.15) is 0 Å². The fraction of sp³-hybridized carbons (Fsp3) is 0.417. The molecular weight excluding hydrogens is 300 g/mol. The molecule has 3 N–H and O–H groups in total. The maximum absolute atomic E-state index is 12.0. The van der Waals surface area contributed by atoms with Gasteiger partial charge in [0.05, 0.1) is 5.56 Å². The maximum atomic E-state index is 12.0. The summed E-state index contributed by atoms with van der Waals surface area (Å²) in [5.41, 5.74) is 6.90. The van der Waals surface area contributed by atoms with Crippen LogP contribution in [0.15, 0.2) is 22.7 Å². The average molecular weight is 315 g/mol. The molecule has 0 saturated carbocycles. The Kier molecular flexibility index (Phi) is 4.34. The molecule has 1 unspecified atom stereocenters. The van der Waals surface area contributed by atoms with Crippen molar-refractivity contribution in [2.24, 2.45) is 0 Å². The Bertz CT molecular complexity index is 419. The van der Waals surface area contributed by atoms with E-state index >= 15 is 0 Å². The first-order valence-corrected chi connectivity index (χ1v) is 7.55. The Labute approximate surface area is 114 Å². The molecule has 5 heteroatoms. The number of thioether (sulfide) groups is 1. The molecule has 92 valence electrons. The number of carbonyl (C=O) groups is 1. The number of nitrogen functional groups attached to an aromatic ring is 1. The number of amides is 1. The standard InChI is InChI=1S/C12H15BrN2OS/c13-8-3-4-10(11(14)6-8)12(16)15-9-2-1-5-17-7-9/h3-4,6,9H,1-2,5,7,14H2,(H,15,16). The molecule has 1 fully saturated rings. The Morgan fingerprint density at radius 1 is 1.53 bits per heavy atom. The van der Waals surface area contributed by atoms with Crippen LogP contribution in [0.5, 0.6) is 0 Å². The van der Waals surface area contributed by atoms with Crippen molar-refractivity contribution < 1.29 is 4.79 Å². The van der Waals surface area contributed by atoms with Crippen molar-refractivity contribution in [3.8, 4) is 0 Å². The fourth-order valence-corrected chi connectivity index (χ4v) is 3.31. The number of nitrogens with one attached hydrogen (secondary N) is 1. The summed E-state index contributed by atoms with van der Waals surface area (Å²) in [6.07, 6.45) is 2.24. The van der Waals surface area contributed by atoms with Crippen molar-refractivity contribution >= 4 is 39.3 Å². The van der Waals surface area contributed by atoms with Crippen molar-refractivity contribution in [1.29, 1.82) is 0 Å². The summed E-state index contributed by atoms with van der Waals surface area (Å²) >= 11 is 5.22. The number of carbonyl (C=O) groups excluding carboxylic acids is 1. The predicted octanol–water partition coefficient (Wildman–Crippen LogP) is 2.66. The molecule has 3 nitrogen and oxygen atoms in total. The van der Waals surface area contributed by atoms with Crippen LogP contribution >= 0.6 is 27.7 Å². The van der Waals surface area contributed by atoms with Crippen LogP contribution in [0.3, 0.4) is 0 Å². The SMILES string of the molecule is Nc1cc(Br)ccc1C(=O)NC1CCCSC1. The highest BCUT2D eigenvalue weighted by molar-refractivity contribution is 9.10. The zero-order valence-electron chi connectivity index (χ0n) is 9.41. The third-order valence-electron chi connectivity index (χ3n) is 2.75. The van der Waals surface area contributed by atoms with Gasteiger partial charge in [-0.3, -0.25) is 4.79 Å². The summed E-state index contributed by atoms with van der Waals surface area (Å²) < 4.78 is 0.889. The summed E-state index contributed by atoms with van der Waals surface area (Å²) in [6.45, 7) is 0. The minimum Gasteiger partial charge on any atom is -0.398 e. The highest BCUT2D eigenvalue weighted by Gasteiger charge is 2.18. The van der Waals surface area contributed by atoms with Crippen molar-refractivity contribution in [1.82, 2.24) is 5.32 Å². The molecule has 0 spiro atoms. The molecule has 1 aliphatic heterocycles. The molecule has 17 heavy (non-hydrogen) atoms. The van der Waals surface area contributed by atoms with Crippen molar-refractivity contribution in [2.75, 3.05) is 17.2 Å². The molecule has 1 atom stereocenters. The highest BCUT2D eigenvalue weighted by Crippen LogP contribution is 2.20. The Morgan fingerprint density at radius 3 is 3.00 bits per heavy atom. The topological polar surface area (TPSA) is 55.1 Å². The summed E-state index contributed by atoms with van der Waals surface area (Å²) in [4.78, 5) is 12.0. The number of rotatable bonds is 2. The number of anilines is 1. The van der Waals surface area contributed by atoms with Crippen molar-refractivity contribution in [3.63, 3.8) is 0 Å². The number of nitrogens with two attached hydrogens (primary N) is 1. The Morgan fingerprint density at radius 2 is 2.35 bits per heavy atom. The van der Waals surface area contributed by atoms with Crippen LogP contribution in [0.25, 0.3) is 0 Å². The van der Waals surface area contributed by atoms with Crippen molar-refractivity contribution in [3.05, 3.63) is 28.2 Å². The van der Waals surface area contributed by atoms with Crippen molar-refractivity contribution in [2.45, 2.75) is 18.9 Å². The lowest BCUT2D eigenvalue weighted by molar-refractivity contribution is 0.0939. The number of hydrogen-bond acceptors (Lipinski definition) is 3. The summed E-state index contributed by atoms with van der Waals surface area (Å²) in [7, 11) is 0. The van der Waals surface area contributed by atoms with E-state index in [9.17, 15) is 4.79 Å². The number of hydrogen-bond donors (Lipinski definition) is 2. The van der Waals surface area contributed by atoms with Crippen LogP contribution < -0.4 is 11.1 Å². The molecule has 1 heterocycles. The molecule has 2 rings (SSSR count). The van der Waals surface area contributed by atoms with E-state index in [0.29, 0.717) is 11.3 Å². The molecule has 0 aromatic heterocycles. The van der Waals surface area contributed by atoms with E-state index in [1.54, 1.807) is 12.1 Å². The van der Waals surface area contributed by atoms with Gasteiger partial charge in [-0.25, -0.2) is 0 Å². The first kappa shape index (κ1) is 12.8. The minimum atomic E-state index is -0.0671. The average Bonchev–Trinajstić information content (AvgIpc) is 2.30. The van der Waals surface area contributed by atoms with Gasteiger partial charge in [0.25, 0.3) is 5.91 Å². The number of halogens is 1. The van der Waals surface area contributed by atoms with Crippen LogP contribution in [-0.4, -0.2) is 23.5 Å². The van der Waals surface area contributed by atoms with Crippen LogP contribution in [0.1, 0.15) is 23.2 Å². The summed E-state index contributed by atoms with van der Waals surface area (Å²) in [5.74, 6) is 2.14. The predicted molar refractivity (Wildman–Crippen MR) is 76.4 cm³/mol. The maximum Gasteiger partial charge on any atom is 0.253 e. The smallest absolute Gasteiger partial charge is 0.253 e. The summed E-state index contributed by atoms with van der Waals surface area (Å²) in [6, 6.07) is 5.63. The van der Waals surface area contributed by atoms with E-state index in [-0.39, 0.29) is 11.9 Å². The van der Waals surface area contributed by atoms with E-state index in [1.165, 1.54) is 12.2 Å². The van der Waals surface area contributed by atoms with E-state index in [2.05, 4.69) is 21.2 Å². The van der Waals surface area contributed by atoms with Crippen LogP contribution in [0.4, 0.5) is 5.69 Å². The third-order valence-corrected chi connectivity index (χ3v) is 4.46. The highest BCUT2D eigenvalue weighted by atomic mass is 79.9. The van der Waals surface area contributed by atoms with E-state index in [0.717, 1.165) is 16.6 Å². The van der Waals surface area contributed by atoms with Gasteiger partial charge < -0.3 is 11.1 Å². The molecule has 1 aromatic carbocycles. The molecule has 0 radical (unpaired) electrons. The molecule has 0 bridgehead atoms. The molecule has 1 aromatic rings. The lowest BCUT2D eigenvalue weighted by Crippen LogP contribution is -2.38. The first-order valence-electron chi connectivity index (χ1n) is 5.60. The van der Waals surface area contributed by atoms with Gasteiger partial charge in [-0.15, -0.1) is 0 Å². The van der Waals surface area contributed by atoms with E-state index in [4.69, 9.17) is 5.73 Å². The lowest BCUT2D eigenvalue weighted by atomic mass is 10.1. The van der Waals surface area contributed by atoms with Gasteiger partial charge in [-0.2, -0.15) is 11.8 Å². The molecular formula is C12H15BrN2OS. The Hall–Kier alpha value is -0.680. The zero-order chi connectivity index (χ0) is 12.3. The van der Waals surface area contributed by atoms with Crippen LogP contribution in [-0.2, 0) is 0 Å². The van der Waals surface area contributed by atoms with Crippen LogP contribution in [0.2, 0.25) is 0 Å². The third kappa shape index (κ3) is 3.39.